The summed E-state index contributed by atoms with van der Waals surface area (Å²) in [4.78, 5) is 15.7. The molecule has 6 nitrogen and oxygen atoms in total. The Morgan fingerprint density at radius 3 is 2.08 bits per heavy atom. The van der Waals surface area contributed by atoms with Gasteiger partial charge < -0.3 is 9.47 Å². The monoisotopic (exact) mass is 414 g/mol. The minimum atomic E-state index is -3.41. The number of nitrogens with zero attached hydrogens (tertiary/aromatic N) is 2. The fraction of sp³-hybridized carbons (Fsp3) is 0.750. The molecule has 0 saturated carbocycles. The zero-order valence-electron chi connectivity index (χ0n) is 16.8. The molecule has 0 aliphatic heterocycles. The van der Waals surface area contributed by atoms with Gasteiger partial charge >= 0.3 is 6.09 Å². The van der Waals surface area contributed by atoms with Crippen molar-refractivity contribution < 1.29 is 18.5 Å². The van der Waals surface area contributed by atoms with Crippen molar-refractivity contribution in [3.63, 3.8) is 0 Å². The van der Waals surface area contributed by atoms with Crippen LogP contribution in [0.15, 0.2) is 14.8 Å². The minimum Gasteiger partial charge on any atom is -0.442 e. The van der Waals surface area contributed by atoms with Crippen molar-refractivity contribution in [2.75, 3.05) is 7.11 Å². The van der Waals surface area contributed by atoms with Crippen molar-refractivity contribution in [3.8, 4) is 0 Å². The highest BCUT2D eigenvalue weighted by Crippen LogP contribution is 2.32. The van der Waals surface area contributed by atoms with E-state index in [1.807, 2.05) is 41.5 Å². The van der Waals surface area contributed by atoms with Crippen LogP contribution in [0.2, 0.25) is 0 Å². The maximum absolute atomic E-state index is 12.3. The Morgan fingerprint density at radius 2 is 1.68 bits per heavy atom. The first-order chi connectivity index (χ1) is 11.4. The normalized spacial score (nSPS) is 13.4. The Bertz CT molecular complexity index is 643. The molecule has 148 valence electrons. The van der Waals surface area contributed by atoms with Crippen molar-refractivity contribution in [1.29, 1.82) is 0 Å². The summed E-state index contributed by atoms with van der Waals surface area (Å²) in [5, 5.41) is 0.591. The lowest BCUT2D eigenvalue weighted by Crippen LogP contribution is -2.22. The number of hydrogen-bond donors (Lipinski definition) is 0. The zero-order valence-corrected chi connectivity index (χ0v) is 19.2. The lowest BCUT2D eigenvalue weighted by Gasteiger charge is -2.19. The van der Waals surface area contributed by atoms with Crippen LogP contribution < -0.4 is 0 Å². The van der Waals surface area contributed by atoms with Crippen LogP contribution in [0, 0.1) is 0 Å². The number of hydrogen-bond acceptors (Lipinski definition) is 6. The van der Waals surface area contributed by atoms with Crippen molar-refractivity contribution >= 4 is 37.1 Å². The first-order valence-electron chi connectivity index (χ1n) is 8.08. The van der Waals surface area contributed by atoms with Gasteiger partial charge in [0.2, 0.25) is 0 Å². The van der Waals surface area contributed by atoms with Crippen LogP contribution in [0.3, 0.4) is 0 Å². The molecular formula is C16H31ClN2O4S2. The fourth-order valence-electron chi connectivity index (χ4n) is 1.16. The second kappa shape index (κ2) is 11.1. The predicted octanol–water partition coefficient (Wildman–Crippen LogP) is 5.99. The van der Waals surface area contributed by atoms with Gasteiger partial charge in [0.05, 0.1) is 6.20 Å². The quantitative estimate of drug-likeness (QED) is 0.567. The molecule has 0 fully saturated rings. The average Bonchev–Trinajstić information content (AvgIpc) is 3.00. The van der Waals surface area contributed by atoms with E-state index in [9.17, 15) is 9.00 Å². The zero-order chi connectivity index (χ0) is 20.5. The molecule has 0 spiro atoms. The largest absolute Gasteiger partial charge is 0.443 e. The summed E-state index contributed by atoms with van der Waals surface area (Å²) in [6, 6.07) is 0. The molecule has 0 saturated heterocycles. The molecule has 1 rings (SSSR count). The van der Waals surface area contributed by atoms with Crippen molar-refractivity contribution in [1.82, 2.24) is 4.98 Å². The molecular weight excluding hydrogens is 384 g/mol. The van der Waals surface area contributed by atoms with Crippen molar-refractivity contribution in [3.05, 3.63) is 11.2 Å². The smallest absolute Gasteiger partial charge is 0.442 e. The Kier molecular flexibility index (Phi) is 11.8. The van der Waals surface area contributed by atoms with E-state index >= 15 is 0 Å². The standard InChI is InChI=1S/C12H19ClN2O4S2.2C2H6/c1-11(2,3)19-10(16)15-21(13,17)8-7-14-9(20-8)12(4,5)18-6;2*1-2/h7H,1-6H3;2*1-2H3. The molecule has 0 aliphatic carbocycles. The lowest BCUT2D eigenvalue weighted by molar-refractivity contribution is 0.0190. The number of aromatic nitrogens is 1. The molecule has 1 aromatic heterocycles. The first-order valence-corrected chi connectivity index (χ1v) is 11.2. The van der Waals surface area contributed by atoms with Crippen LogP contribution >= 0.6 is 22.0 Å². The van der Waals surface area contributed by atoms with Gasteiger partial charge in [-0.1, -0.05) is 27.7 Å². The van der Waals surface area contributed by atoms with E-state index < -0.39 is 26.2 Å². The first kappa shape index (κ1) is 26.5. The maximum atomic E-state index is 12.3. The summed E-state index contributed by atoms with van der Waals surface area (Å²) in [6.07, 6.45) is 0.368. The van der Waals surface area contributed by atoms with Gasteiger partial charge in [0, 0.05) is 17.8 Å². The second-order valence-electron chi connectivity index (χ2n) is 5.73. The summed E-state index contributed by atoms with van der Waals surface area (Å²) < 4.78 is 26.2. The van der Waals surface area contributed by atoms with Gasteiger partial charge in [-0.15, -0.1) is 15.7 Å². The number of amides is 1. The summed E-state index contributed by atoms with van der Waals surface area (Å²) >= 11 is 1.09. The van der Waals surface area contributed by atoms with Gasteiger partial charge in [-0.25, -0.2) is 14.0 Å². The Labute approximate surface area is 161 Å². The third-order valence-electron chi connectivity index (χ3n) is 2.34. The van der Waals surface area contributed by atoms with E-state index in [0.29, 0.717) is 5.01 Å². The number of methoxy groups -OCH3 is 1. The number of rotatable bonds is 3. The molecule has 1 amide bonds. The van der Waals surface area contributed by atoms with Crippen LogP contribution in [-0.2, 0) is 24.0 Å². The molecule has 1 aromatic rings. The Morgan fingerprint density at radius 1 is 1.20 bits per heavy atom. The van der Waals surface area contributed by atoms with Crippen molar-refractivity contribution in [2.45, 2.75) is 77.7 Å². The molecule has 0 aliphatic rings. The average molecular weight is 415 g/mol. The van der Waals surface area contributed by atoms with Gasteiger partial charge in [-0.2, -0.15) is 0 Å². The van der Waals surface area contributed by atoms with Crippen LogP contribution in [0.5, 0.6) is 0 Å². The highest BCUT2D eigenvalue weighted by atomic mass is 35.7. The Hall–Kier alpha value is -0.700. The van der Waals surface area contributed by atoms with Crippen LogP contribution in [0.4, 0.5) is 4.79 Å². The summed E-state index contributed by atoms with van der Waals surface area (Å²) in [5.74, 6) is 0. The summed E-state index contributed by atoms with van der Waals surface area (Å²) in [7, 11) is 4.02. The lowest BCUT2D eigenvalue weighted by atomic mass is 10.1. The van der Waals surface area contributed by atoms with Gasteiger partial charge in [0.25, 0.3) is 0 Å². The number of carbonyl (C=O) groups excluding carboxylic acids is 1. The molecule has 25 heavy (non-hydrogen) atoms. The summed E-state index contributed by atoms with van der Waals surface area (Å²) in [5.41, 5.74) is -1.37. The number of carbonyl (C=O) groups is 1. The van der Waals surface area contributed by atoms with E-state index in [1.165, 1.54) is 6.20 Å². The third-order valence-corrected chi connectivity index (χ3v) is 6.33. The number of ether oxygens (including phenoxy) is 2. The highest BCUT2D eigenvalue weighted by molar-refractivity contribution is 8.17. The molecule has 0 bridgehead atoms. The van der Waals surface area contributed by atoms with E-state index in [-0.39, 0.29) is 4.21 Å². The molecule has 1 atom stereocenters. The van der Waals surface area contributed by atoms with E-state index in [2.05, 4.69) is 9.35 Å². The highest BCUT2D eigenvalue weighted by Gasteiger charge is 2.27. The molecule has 9 heteroatoms. The SMILES string of the molecule is CC.CC.COC(C)(C)c1ncc(S(=O)(Cl)=NC(=O)OC(C)(C)C)s1. The minimum absolute atomic E-state index is 0.190. The molecule has 0 aromatic carbocycles. The van der Waals surface area contributed by atoms with Crippen LogP contribution in [0.1, 0.15) is 67.3 Å². The van der Waals surface area contributed by atoms with Gasteiger partial charge in [-0.05, 0) is 34.6 Å². The Balaban J connectivity index is 0. The molecule has 0 radical (unpaired) electrons. The van der Waals surface area contributed by atoms with Crippen LogP contribution in [0.25, 0.3) is 0 Å². The van der Waals surface area contributed by atoms with Gasteiger partial charge in [-0.3, -0.25) is 0 Å². The maximum Gasteiger partial charge on any atom is 0.443 e. The van der Waals surface area contributed by atoms with E-state index in [0.717, 1.165) is 11.3 Å². The number of halogens is 1. The molecule has 1 unspecified atom stereocenters. The summed E-state index contributed by atoms with van der Waals surface area (Å²) in [6.45, 7) is 16.7. The van der Waals surface area contributed by atoms with E-state index in [4.69, 9.17) is 20.2 Å². The predicted molar refractivity (Wildman–Crippen MR) is 106 cm³/mol. The molecule has 1 heterocycles. The molecule has 0 N–H and O–H groups in total. The van der Waals surface area contributed by atoms with Crippen molar-refractivity contribution in [2.24, 2.45) is 4.36 Å². The second-order valence-corrected chi connectivity index (χ2v) is 9.81. The third kappa shape index (κ3) is 9.53. The van der Waals surface area contributed by atoms with Gasteiger partial charge in [0.1, 0.15) is 20.4 Å². The topological polar surface area (TPSA) is 77.9 Å². The number of thiazole rings is 1. The van der Waals surface area contributed by atoms with E-state index in [1.54, 1.807) is 27.9 Å². The fourth-order valence-corrected chi connectivity index (χ4v) is 3.73. The van der Waals surface area contributed by atoms with Crippen LogP contribution in [-0.4, -0.2) is 28.0 Å². The van der Waals surface area contributed by atoms with Gasteiger partial charge in [0.15, 0.2) is 8.94 Å².